The first-order valence-electron chi connectivity index (χ1n) is 7.31. The van der Waals surface area contributed by atoms with E-state index in [1.165, 1.54) is 11.1 Å². The molecule has 0 heterocycles. The Bertz CT molecular complexity index is 885. The molecule has 134 valence electrons. The number of carbonyl (C=O) groups excluding carboxylic acids is 1. The SMILES string of the molecule is Cc1cc(S(=O)(=O)Nc2cccc(NC(=O)NN(C)C)c2)ccc1Br. The molecule has 0 spiro atoms. The number of halogens is 1. The van der Waals surface area contributed by atoms with Crippen LogP contribution in [0.1, 0.15) is 5.56 Å². The molecule has 0 atom stereocenters. The average molecular weight is 427 g/mol. The molecular weight excluding hydrogens is 408 g/mol. The molecule has 0 unspecified atom stereocenters. The van der Waals surface area contributed by atoms with Gasteiger partial charge in [0.25, 0.3) is 10.0 Å². The first kappa shape index (κ1) is 19.2. The Morgan fingerprint density at radius 3 is 2.40 bits per heavy atom. The minimum atomic E-state index is -3.72. The Balaban J connectivity index is 2.18. The van der Waals surface area contributed by atoms with Crippen LogP contribution in [-0.2, 0) is 10.0 Å². The average Bonchev–Trinajstić information content (AvgIpc) is 2.48. The van der Waals surface area contributed by atoms with Gasteiger partial charge in [0.05, 0.1) is 10.6 Å². The van der Waals surface area contributed by atoms with Crippen LogP contribution in [0.4, 0.5) is 16.2 Å². The molecule has 0 radical (unpaired) electrons. The molecule has 2 aromatic rings. The molecular formula is C16H19BrN4O3S. The van der Waals surface area contributed by atoms with E-state index < -0.39 is 16.1 Å². The number of aryl methyl sites for hydroxylation is 1. The van der Waals surface area contributed by atoms with Crippen molar-refractivity contribution >= 4 is 43.4 Å². The molecule has 0 bridgehead atoms. The Labute approximate surface area is 155 Å². The quantitative estimate of drug-likeness (QED) is 0.640. The van der Waals surface area contributed by atoms with Gasteiger partial charge in [-0.2, -0.15) is 0 Å². The lowest BCUT2D eigenvalue weighted by atomic mass is 10.2. The van der Waals surface area contributed by atoms with Crippen LogP contribution in [0.2, 0.25) is 0 Å². The number of hydrogen-bond acceptors (Lipinski definition) is 4. The maximum absolute atomic E-state index is 12.5. The second-order valence-electron chi connectivity index (χ2n) is 5.56. The molecule has 0 aromatic heterocycles. The van der Waals surface area contributed by atoms with Crippen LogP contribution in [0, 0.1) is 6.92 Å². The lowest BCUT2D eigenvalue weighted by Gasteiger charge is -2.14. The van der Waals surface area contributed by atoms with Crippen LogP contribution in [0.5, 0.6) is 0 Å². The van der Waals surface area contributed by atoms with E-state index in [0.29, 0.717) is 11.4 Å². The van der Waals surface area contributed by atoms with Crippen LogP contribution in [0.15, 0.2) is 51.8 Å². The number of rotatable bonds is 5. The van der Waals surface area contributed by atoms with E-state index in [9.17, 15) is 13.2 Å². The number of carbonyl (C=O) groups is 1. The summed E-state index contributed by atoms with van der Waals surface area (Å²) in [5, 5.41) is 4.12. The largest absolute Gasteiger partial charge is 0.333 e. The molecule has 3 N–H and O–H groups in total. The summed E-state index contributed by atoms with van der Waals surface area (Å²) in [5.41, 5.74) is 4.17. The highest BCUT2D eigenvalue weighted by Gasteiger charge is 2.15. The second kappa shape index (κ2) is 7.85. The Morgan fingerprint density at radius 1 is 1.08 bits per heavy atom. The molecule has 0 aliphatic carbocycles. The molecule has 25 heavy (non-hydrogen) atoms. The maximum atomic E-state index is 12.5. The minimum Gasteiger partial charge on any atom is -0.307 e. The number of anilines is 2. The minimum absolute atomic E-state index is 0.164. The number of sulfonamides is 1. The van der Waals surface area contributed by atoms with Crippen molar-refractivity contribution in [2.75, 3.05) is 24.1 Å². The van der Waals surface area contributed by atoms with E-state index in [1.54, 1.807) is 50.5 Å². The molecule has 2 amide bonds. The normalized spacial score (nSPS) is 11.2. The number of urea groups is 1. The van der Waals surface area contributed by atoms with Crippen LogP contribution >= 0.6 is 15.9 Å². The number of benzene rings is 2. The molecule has 2 rings (SSSR count). The third-order valence-corrected chi connectivity index (χ3v) is 5.41. The van der Waals surface area contributed by atoms with Gasteiger partial charge in [0, 0.05) is 24.3 Å². The fraction of sp³-hybridized carbons (Fsp3) is 0.188. The van der Waals surface area contributed by atoms with Crippen molar-refractivity contribution in [3.05, 3.63) is 52.5 Å². The predicted octanol–water partition coefficient (Wildman–Crippen LogP) is 3.16. The van der Waals surface area contributed by atoms with Gasteiger partial charge < -0.3 is 5.32 Å². The van der Waals surface area contributed by atoms with Gasteiger partial charge in [0.2, 0.25) is 0 Å². The van der Waals surface area contributed by atoms with Crippen molar-refractivity contribution in [3.8, 4) is 0 Å². The highest BCUT2D eigenvalue weighted by molar-refractivity contribution is 9.10. The smallest absolute Gasteiger partial charge is 0.307 e. The van der Waals surface area contributed by atoms with Gasteiger partial charge in [-0.25, -0.2) is 18.2 Å². The summed E-state index contributed by atoms with van der Waals surface area (Å²) in [6.07, 6.45) is 0. The zero-order valence-corrected chi connectivity index (χ0v) is 16.4. The zero-order valence-electron chi connectivity index (χ0n) is 14.0. The molecule has 0 saturated heterocycles. The molecule has 0 aliphatic heterocycles. The molecule has 9 heteroatoms. The monoisotopic (exact) mass is 426 g/mol. The summed E-state index contributed by atoms with van der Waals surface area (Å²) in [6.45, 7) is 1.82. The van der Waals surface area contributed by atoms with Gasteiger partial charge in [0.1, 0.15) is 0 Å². The van der Waals surface area contributed by atoms with Crippen LogP contribution in [0.3, 0.4) is 0 Å². The van der Waals surface area contributed by atoms with Crippen molar-refractivity contribution < 1.29 is 13.2 Å². The fourth-order valence-corrected chi connectivity index (χ4v) is 3.40. The van der Waals surface area contributed by atoms with E-state index in [1.807, 2.05) is 6.92 Å². The summed E-state index contributed by atoms with van der Waals surface area (Å²) in [7, 11) is -0.355. The van der Waals surface area contributed by atoms with Gasteiger partial charge in [-0.15, -0.1) is 0 Å². The van der Waals surface area contributed by atoms with Gasteiger partial charge in [-0.3, -0.25) is 10.1 Å². The second-order valence-corrected chi connectivity index (χ2v) is 8.09. The van der Waals surface area contributed by atoms with E-state index in [2.05, 4.69) is 31.4 Å². The maximum Gasteiger partial charge on any atom is 0.333 e. The van der Waals surface area contributed by atoms with Crippen LogP contribution in [-0.4, -0.2) is 33.6 Å². The molecule has 0 fully saturated rings. The van der Waals surface area contributed by atoms with E-state index in [0.717, 1.165) is 10.0 Å². The first-order chi connectivity index (χ1) is 11.7. The summed E-state index contributed by atoms with van der Waals surface area (Å²) in [4.78, 5) is 11.9. The summed E-state index contributed by atoms with van der Waals surface area (Å²) < 4.78 is 28.4. The van der Waals surface area contributed by atoms with Gasteiger partial charge in [0.15, 0.2) is 0 Å². The highest BCUT2D eigenvalue weighted by atomic mass is 79.9. The highest BCUT2D eigenvalue weighted by Crippen LogP contribution is 2.23. The van der Waals surface area contributed by atoms with E-state index in [4.69, 9.17) is 0 Å². The summed E-state index contributed by atoms with van der Waals surface area (Å²) in [5.74, 6) is 0. The number of nitrogens with zero attached hydrogens (tertiary/aromatic N) is 1. The van der Waals surface area contributed by atoms with Gasteiger partial charge in [-0.1, -0.05) is 22.0 Å². The standard InChI is InChI=1S/C16H19BrN4O3S/c1-11-9-14(7-8-15(11)17)25(23,24)20-13-6-4-5-12(10-13)18-16(22)19-21(2)3/h4-10,20H,1-3H3,(H2,18,19,22). The molecule has 0 aliphatic rings. The van der Waals surface area contributed by atoms with Crippen molar-refractivity contribution in [2.24, 2.45) is 0 Å². The summed E-state index contributed by atoms with van der Waals surface area (Å²) in [6, 6.07) is 10.8. The van der Waals surface area contributed by atoms with E-state index in [-0.39, 0.29) is 4.90 Å². The predicted molar refractivity (Wildman–Crippen MR) is 102 cm³/mol. The Morgan fingerprint density at radius 2 is 1.76 bits per heavy atom. The van der Waals surface area contributed by atoms with Gasteiger partial charge >= 0.3 is 6.03 Å². The number of hydrazine groups is 1. The van der Waals surface area contributed by atoms with Crippen LogP contribution < -0.4 is 15.5 Å². The summed E-state index contributed by atoms with van der Waals surface area (Å²) >= 11 is 3.35. The zero-order chi connectivity index (χ0) is 18.6. The van der Waals surface area contributed by atoms with Crippen molar-refractivity contribution in [2.45, 2.75) is 11.8 Å². The molecule has 2 aromatic carbocycles. The number of amides is 2. The first-order valence-corrected chi connectivity index (χ1v) is 9.59. The van der Waals surface area contributed by atoms with Crippen molar-refractivity contribution in [1.29, 1.82) is 0 Å². The third kappa shape index (κ3) is 5.45. The lowest BCUT2D eigenvalue weighted by molar-refractivity contribution is 0.224. The number of hydrogen-bond donors (Lipinski definition) is 3. The Kier molecular flexibility index (Phi) is 6.04. The topological polar surface area (TPSA) is 90.5 Å². The lowest BCUT2D eigenvalue weighted by Crippen LogP contribution is -2.39. The molecule has 7 nitrogen and oxygen atoms in total. The van der Waals surface area contributed by atoms with Crippen LogP contribution in [0.25, 0.3) is 0 Å². The molecule has 0 saturated carbocycles. The van der Waals surface area contributed by atoms with E-state index >= 15 is 0 Å². The fourth-order valence-electron chi connectivity index (χ4n) is 2.02. The van der Waals surface area contributed by atoms with Crippen molar-refractivity contribution in [1.82, 2.24) is 10.4 Å². The van der Waals surface area contributed by atoms with Gasteiger partial charge in [-0.05, 0) is 48.9 Å². The third-order valence-electron chi connectivity index (χ3n) is 3.14. The van der Waals surface area contributed by atoms with Crippen molar-refractivity contribution in [3.63, 3.8) is 0 Å². The Hall–Kier alpha value is -2.10. The number of nitrogens with one attached hydrogen (secondary N) is 3.